The second-order valence-electron chi connectivity index (χ2n) is 3.74. The molecule has 98 valence electrons. The Morgan fingerprint density at radius 2 is 2.06 bits per heavy atom. The van der Waals surface area contributed by atoms with E-state index in [1.807, 2.05) is 0 Å². The Morgan fingerprint density at radius 3 is 2.56 bits per heavy atom. The van der Waals surface area contributed by atoms with Gasteiger partial charge in [-0.2, -0.15) is 0 Å². The van der Waals surface area contributed by atoms with Crippen LogP contribution in [0.3, 0.4) is 0 Å². The number of anilines is 1. The molecule has 0 saturated carbocycles. The van der Waals surface area contributed by atoms with Crippen molar-refractivity contribution < 1.29 is 14.7 Å². The minimum absolute atomic E-state index is 0.0267. The maximum absolute atomic E-state index is 11.7. The fourth-order valence-electron chi connectivity index (χ4n) is 1.22. The Kier molecular flexibility index (Phi) is 4.95. The summed E-state index contributed by atoms with van der Waals surface area (Å²) in [7, 11) is 0. The van der Waals surface area contributed by atoms with Gasteiger partial charge in [0.05, 0.1) is 16.3 Å². The van der Waals surface area contributed by atoms with E-state index in [1.54, 1.807) is 6.92 Å². The van der Waals surface area contributed by atoms with Gasteiger partial charge in [0.2, 0.25) is 5.91 Å². The van der Waals surface area contributed by atoms with Gasteiger partial charge >= 0.3 is 5.97 Å². The lowest BCUT2D eigenvalue weighted by Gasteiger charge is -2.13. The Morgan fingerprint density at radius 1 is 1.44 bits per heavy atom. The van der Waals surface area contributed by atoms with Crippen molar-refractivity contribution in [2.45, 2.75) is 6.92 Å². The molecule has 1 aromatic carbocycles. The number of nitrogens with one attached hydrogen (secondary N) is 1. The van der Waals surface area contributed by atoms with Crippen LogP contribution in [0.15, 0.2) is 12.1 Å². The second kappa shape index (κ2) is 6.04. The predicted molar refractivity (Wildman–Crippen MR) is 70.3 cm³/mol. The zero-order valence-corrected chi connectivity index (χ0v) is 11.0. The maximum Gasteiger partial charge on any atom is 0.337 e. The number of carboxylic acids is 1. The lowest BCUT2D eigenvalue weighted by molar-refractivity contribution is -0.119. The Bertz CT molecular complexity index is 491. The number of aromatic carboxylic acids is 1. The number of carbonyl (C=O) groups is 2. The fourth-order valence-corrected chi connectivity index (χ4v) is 1.76. The molecular formula is C11H12Cl2N2O3. The predicted octanol–water partition coefficient (Wildman–Crippen LogP) is 2.22. The van der Waals surface area contributed by atoms with Crippen molar-refractivity contribution in [3.63, 3.8) is 0 Å². The highest BCUT2D eigenvalue weighted by Crippen LogP contribution is 2.30. The van der Waals surface area contributed by atoms with E-state index < -0.39 is 17.8 Å². The van der Waals surface area contributed by atoms with E-state index in [0.29, 0.717) is 0 Å². The maximum atomic E-state index is 11.7. The van der Waals surface area contributed by atoms with Gasteiger partial charge in [-0.15, -0.1) is 0 Å². The Balaban J connectivity index is 3.15. The SMILES string of the molecule is CC(CN)C(=O)Nc1c(Cl)cc(Cl)cc1C(=O)O. The molecule has 0 aliphatic carbocycles. The summed E-state index contributed by atoms with van der Waals surface area (Å²) in [6.45, 7) is 1.78. The van der Waals surface area contributed by atoms with Crippen LogP contribution in [0.25, 0.3) is 0 Å². The van der Waals surface area contributed by atoms with Crippen LogP contribution in [0, 0.1) is 5.92 Å². The number of benzene rings is 1. The normalized spacial score (nSPS) is 12.0. The summed E-state index contributed by atoms with van der Waals surface area (Å²) in [5, 5.41) is 11.7. The van der Waals surface area contributed by atoms with Crippen LogP contribution in [0.1, 0.15) is 17.3 Å². The average molecular weight is 291 g/mol. The molecule has 0 aromatic heterocycles. The summed E-state index contributed by atoms with van der Waals surface area (Å²) in [5.74, 6) is -2.07. The molecule has 0 heterocycles. The quantitative estimate of drug-likeness (QED) is 0.793. The summed E-state index contributed by atoms with van der Waals surface area (Å²) in [5.41, 5.74) is 5.22. The van der Waals surface area contributed by atoms with Crippen LogP contribution in [-0.2, 0) is 4.79 Å². The van der Waals surface area contributed by atoms with E-state index in [-0.39, 0.29) is 27.8 Å². The number of amides is 1. The third-order valence-corrected chi connectivity index (χ3v) is 2.85. The number of carbonyl (C=O) groups excluding carboxylic acids is 1. The van der Waals surface area contributed by atoms with Crippen molar-refractivity contribution in [2.24, 2.45) is 11.7 Å². The van der Waals surface area contributed by atoms with Crippen LogP contribution >= 0.6 is 23.2 Å². The first kappa shape index (κ1) is 14.8. The van der Waals surface area contributed by atoms with Gasteiger partial charge in [-0.3, -0.25) is 4.79 Å². The topological polar surface area (TPSA) is 92.4 Å². The number of halogens is 2. The molecule has 18 heavy (non-hydrogen) atoms. The van der Waals surface area contributed by atoms with Crippen molar-refractivity contribution in [1.29, 1.82) is 0 Å². The third kappa shape index (κ3) is 3.35. The van der Waals surface area contributed by atoms with E-state index in [1.165, 1.54) is 12.1 Å². The minimum atomic E-state index is -1.23. The van der Waals surface area contributed by atoms with Crippen LogP contribution in [0.4, 0.5) is 5.69 Å². The average Bonchev–Trinajstić information content (AvgIpc) is 2.30. The molecule has 0 aliphatic rings. The molecule has 0 fully saturated rings. The Hall–Kier alpha value is -1.30. The number of rotatable bonds is 4. The largest absolute Gasteiger partial charge is 0.478 e. The molecule has 7 heteroatoms. The van der Waals surface area contributed by atoms with Crippen molar-refractivity contribution >= 4 is 40.8 Å². The first-order valence-corrected chi connectivity index (χ1v) is 5.85. The molecular weight excluding hydrogens is 279 g/mol. The van der Waals surface area contributed by atoms with Crippen LogP contribution < -0.4 is 11.1 Å². The molecule has 5 nitrogen and oxygen atoms in total. The Labute approximate surface area is 114 Å². The number of hydrogen-bond acceptors (Lipinski definition) is 3. The summed E-state index contributed by atoms with van der Waals surface area (Å²) >= 11 is 11.6. The molecule has 1 aromatic rings. The van der Waals surface area contributed by atoms with E-state index in [4.69, 9.17) is 34.0 Å². The molecule has 4 N–H and O–H groups in total. The van der Waals surface area contributed by atoms with Gasteiger partial charge in [0, 0.05) is 17.5 Å². The molecule has 0 saturated heterocycles. The zero-order valence-electron chi connectivity index (χ0n) is 9.54. The first-order chi connectivity index (χ1) is 8.36. The van der Waals surface area contributed by atoms with Crippen molar-refractivity contribution in [3.05, 3.63) is 27.7 Å². The number of nitrogens with two attached hydrogens (primary N) is 1. The minimum Gasteiger partial charge on any atom is -0.478 e. The molecule has 1 atom stereocenters. The lowest BCUT2D eigenvalue weighted by atomic mass is 10.1. The fraction of sp³-hybridized carbons (Fsp3) is 0.273. The van der Waals surface area contributed by atoms with Crippen molar-refractivity contribution in [1.82, 2.24) is 0 Å². The number of hydrogen-bond donors (Lipinski definition) is 3. The van der Waals surface area contributed by atoms with E-state index in [0.717, 1.165) is 0 Å². The molecule has 1 rings (SSSR count). The van der Waals surface area contributed by atoms with E-state index in [2.05, 4.69) is 5.32 Å². The molecule has 1 amide bonds. The van der Waals surface area contributed by atoms with E-state index >= 15 is 0 Å². The third-order valence-electron chi connectivity index (χ3n) is 2.33. The van der Waals surface area contributed by atoms with Gasteiger partial charge in [0.1, 0.15) is 0 Å². The highest BCUT2D eigenvalue weighted by molar-refractivity contribution is 6.37. The zero-order chi connectivity index (χ0) is 13.9. The summed E-state index contributed by atoms with van der Waals surface area (Å²) < 4.78 is 0. The van der Waals surface area contributed by atoms with Gasteiger partial charge < -0.3 is 16.2 Å². The highest BCUT2D eigenvalue weighted by atomic mass is 35.5. The van der Waals surface area contributed by atoms with Crippen LogP contribution in [0.5, 0.6) is 0 Å². The molecule has 0 radical (unpaired) electrons. The molecule has 0 bridgehead atoms. The van der Waals surface area contributed by atoms with E-state index in [9.17, 15) is 9.59 Å². The summed E-state index contributed by atoms with van der Waals surface area (Å²) in [6, 6.07) is 2.58. The smallest absolute Gasteiger partial charge is 0.337 e. The number of carboxylic acid groups (broad SMARTS) is 1. The monoisotopic (exact) mass is 290 g/mol. The second-order valence-corrected chi connectivity index (χ2v) is 4.58. The van der Waals surface area contributed by atoms with Gasteiger partial charge in [-0.25, -0.2) is 4.79 Å². The van der Waals surface area contributed by atoms with Crippen LogP contribution in [0.2, 0.25) is 10.0 Å². The molecule has 0 aliphatic heterocycles. The van der Waals surface area contributed by atoms with Crippen molar-refractivity contribution in [2.75, 3.05) is 11.9 Å². The lowest BCUT2D eigenvalue weighted by Crippen LogP contribution is -2.27. The van der Waals surface area contributed by atoms with Gasteiger partial charge in [0.25, 0.3) is 0 Å². The molecule has 0 spiro atoms. The highest BCUT2D eigenvalue weighted by Gasteiger charge is 2.19. The summed E-state index contributed by atoms with van der Waals surface area (Å²) in [4.78, 5) is 22.7. The van der Waals surface area contributed by atoms with Crippen LogP contribution in [-0.4, -0.2) is 23.5 Å². The standard InChI is InChI=1S/C11H12Cl2N2O3/c1-5(4-14)10(16)15-9-7(11(17)18)2-6(12)3-8(9)13/h2-3,5H,4,14H2,1H3,(H,15,16)(H,17,18). The summed E-state index contributed by atoms with van der Waals surface area (Å²) in [6.07, 6.45) is 0. The van der Waals surface area contributed by atoms with Gasteiger partial charge in [-0.1, -0.05) is 30.1 Å². The first-order valence-electron chi connectivity index (χ1n) is 5.10. The molecule has 1 unspecified atom stereocenters. The van der Waals surface area contributed by atoms with Gasteiger partial charge in [0.15, 0.2) is 0 Å². The van der Waals surface area contributed by atoms with Crippen molar-refractivity contribution in [3.8, 4) is 0 Å². The van der Waals surface area contributed by atoms with Gasteiger partial charge in [-0.05, 0) is 12.1 Å².